The molecule has 1 aliphatic carbocycles. The van der Waals surface area contributed by atoms with Crippen molar-refractivity contribution in [1.29, 1.82) is 0 Å². The Morgan fingerprint density at radius 3 is 2.77 bits per heavy atom. The van der Waals surface area contributed by atoms with Gasteiger partial charge in [0.1, 0.15) is 0 Å². The minimum absolute atomic E-state index is 0.497. The van der Waals surface area contributed by atoms with E-state index in [9.17, 15) is 0 Å². The summed E-state index contributed by atoms with van der Waals surface area (Å²) in [4.78, 5) is 4.19. The zero-order chi connectivity index (χ0) is 18.5. The molecule has 0 spiro atoms. The Kier molecular flexibility index (Phi) is 6.20. The van der Waals surface area contributed by atoms with E-state index >= 15 is 0 Å². The minimum atomic E-state index is 0.497. The first-order valence-electron chi connectivity index (χ1n) is 9.60. The molecule has 3 rings (SSSR count). The fraction of sp³-hybridized carbons (Fsp3) is 0.571. The summed E-state index contributed by atoms with van der Waals surface area (Å²) in [5, 5.41) is 11.8. The molecule has 0 amide bonds. The average molecular weight is 354 g/mol. The molecule has 0 saturated heterocycles. The first-order valence-corrected chi connectivity index (χ1v) is 9.60. The molecule has 5 heteroatoms. The van der Waals surface area contributed by atoms with Gasteiger partial charge in [-0.25, -0.2) is 0 Å². The second kappa shape index (κ2) is 8.58. The summed E-state index contributed by atoms with van der Waals surface area (Å²) in [5.41, 5.74) is 2.68. The molecule has 0 aliphatic heterocycles. The van der Waals surface area contributed by atoms with E-state index in [0.29, 0.717) is 29.6 Å². The zero-order valence-corrected chi connectivity index (χ0v) is 16.3. The van der Waals surface area contributed by atoms with Crippen LogP contribution in [0.15, 0.2) is 40.6 Å². The van der Waals surface area contributed by atoms with E-state index in [-0.39, 0.29) is 0 Å². The SMILES string of the molecule is CC1=C[C@@H](CNCc2cccnc2)[C@H](C(C)C)C[C@H]1Cc1nnc(C)o1. The molecule has 140 valence electrons. The largest absolute Gasteiger partial charge is 0.426 e. The lowest BCUT2D eigenvalue weighted by Crippen LogP contribution is -2.34. The van der Waals surface area contributed by atoms with E-state index in [2.05, 4.69) is 53.4 Å². The van der Waals surface area contributed by atoms with Gasteiger partial charge in [0, 0.05) is 38.8 Å². The van der Waals surface area contributed by atoms with Crippen LogP contribution in [0.2, 0.25) is 0 Å². The van der Waals surface area contributed by atoms with Crippen LogP contribution < -0.4 is 5.32 Å². The molecule has 5 nitrogen and oxygen atoms in total. The molecule has 1 aliphatic rings. The molecule has 2 aromatic rings. The fourth-order valence-corrected chi connectivity index (χ4v) is 4.02. The van der Waals surface area contributed by atoms with Crippen LogP contribution in [-0.2, 0) is 13.0 Å². The van der Waals surface area contributed by atoms with Crippen molar-refractivity contribution in [3.05, 3.63) is 53.5 Å². The Hall–Kier alpha value is -2.01. The molecule has 1 N–H and O–H groups in total. The fourth-order valence-electron chi connectivity index (χ4n) is 4.02. The van der Waals surface area contributed by atoms with Gasteiger partial charge in [-0.2, -0.15) is 0 Å². The van der Waals surface area contributed by atoms with Crippen molar-refractivity contribution >= 4 is 0 Å². The first-order chi connectivity index (χ1) is 12.5. The van der Waals surface area contributed by atoms with Crippen molar-refractivity contribution in [3.63, 3.8) is 0 Å². The summed E-state index contributed by atoms with van der Waals surface area (Å²) in [6, 6.07) is 4.10. The summed E-state index contributed by atoms with van der Waals surface area (Å²) in [6.07, 6.45) is 8.25. The molecule has 26 heavy (non-hydrogen) atoms. The van der Waals surface area contributed by atoms with Crippen LogP contribution in [0.3, 0.4) is 0 Å². The molecule has 0 saturated carbocycles. The molecular weight excluding hydrogens is 324 g/mol. The molecule has 0 unspecified atom stereocenters. The Labute approximate surface area is 156 Å². The van der Waals surface area contributed by atoms with Crippen molar-refractivity contribution in [3.8, 4) is 0 Å². The first kappa shape index (κ1) is 18.8. The maximum Gasteiger partial charge on any atom is 0.217 e. The molecule has 0 aromatic carbocycles. The third kappa shape index (κ3) is 4.79. The van der Waals surface area contributed by atoms with Crippen molar-refractivity contribution in [1.82, 2.24) is 20.5 Å². The maximum atomic E-state index is 5.60. The predicted molar refractivity (Wildman–Crippen MR) is 102 cm³/mol. The molecule has 0 radical (unpaired) electrons. The number of hydrogen-bond donors (Lipinski definition) is 1. The van der Waals surface area contributed by atoms with E-state index in [0.717, 1.165) is 25.4 Å². The molecule has 2 aromatic heterocycles. The molecular formula is C21H30N4O. The van der Waals surface area contributed by atoms with Crippen LogP contribution in [0.25, 0.3) is 0 Å². The number of pyridine rings is 1. The van der Waals surface area contributed by atoms with Gasteiger partial charge in [-0.3, -0.25) is 4.98 Å². The smallest absolute Gasteiger partial charge is 0.217 e. The Morgan fingerprint density at radius 2 is 2.12 bits per heavy atom. The van der Waals surface area contributed by atoms with Gasteiger partial charge in [-0.05, 0) is 48.6 Å². The summed E-state index contributed by atoms with van der Waals surface area (Å²) < 4.78 is 5.60. The standard InChI is InChI=1S/C21H30N4O/c1-14(2)20-9-18(10-21-25-24-16(4)26-21)15(3)8-19(20)13-23-12-17-6-5-7-22-11-17/h5-8,11,14,18-20,23H,9-10,12-13H2,1-4H3/t18-,19-,20-/m0/s1. The second-order valence-electron chi connectivity index (χ2n) is 7.83. The highest BCUT2D eigenvalue weighted by molar-refractivity contribution is 5.14. The lowest BCUT2D eigenvalue weighted by Gasteiger charge is -2.37. The van der Waals surface area contributed by atoms with Gasteiger partial charge >= 0.3 is 0 Å². The van der Waals surface area contributed by atoms with E-state index in [4.69, 9.17) is 4.42 Å². The molecule has 3 atom stereocenters. The second-order valence-corrected chi connectivity index (χ2v) is 7.83. The molecule has 0 fully saturated rings. The normalized spacial score (nSPS) is 23.3. The quantitative estimate of drug-likeness (QED) is 0.763. The highest BCUT2D eigenvalue weighted by Gasteiger charge is 2.32. The van der Waals surface area contributed by atoms with E-state index in [1.807, 2.05) is 25.4 Å². The average Bonchev–Trinajstić information content (AvgIpc) is 3.02. The van der Waals surface area contributed by atoms with Gasteiger partial charge in [-0.1, -0.05) is 31.6 Å². The van der Waals surface area contributed by atoms with Gasteiger partial charge in [0.25, 0.3) is 0 Å². The summed E-state index contributed by atoms with van der Waals surface area (Å²) in [5.74, 6) is 3.78. The monoisotopic (exact) mass is 354 g/mol. The van der Waals surface area contributed by atoms with Gasteiger partial charge in [0.15, 0.2) is 0 Å². The zero-order valence-electron chi connectivity index (χ0n) is 16.3. The number of aryl methyl sites for hydroxylation is 1. The Morgan fingerprint density at radius 1 is 1.27 bits per heavy atom. The van der Waals surface area contributed by atoms with Crippen LogP contribution in [0.1, 0.15) is 44.5 Å². The van der Waals surface area contributed by atoms with Crippen LogP contribution in [0.4, 0.5) is 0 Å². The molecule has 2 heterocycles. The van der Waals surface area contributed by atoms with Gasteiger partial charge in [0.05, 0.1) is 0 Å². The topological polar surface area (TPSA) is 63.8 Å². The van der Waals surface area contributed by atoms with Crippen molar-refractivity contribution in [2.24, 2.45) is 23.7 Å². The number of nitrogens with one attached hydrogen (secondary N) is 1. The number of nitrogens with zero attached hydrogens (tertiary/aromatic N) is 3. The van der Waals surface area contributed by atoms with Crippen LogP contribution >= 0.6 is 0 Å². The van der Waals surface area contributed by atoms with E-state index < -0.39 is 0 Å². The van der Waals surface area contributed by atoms with Crippen LogP contribution in [-0.4, -0.2) is 21.7 Å². The van der Waals surface area contributed by atoms with Crippen molar-refractivity contribution < 1.29 is 4.42 Å². The minimum Gasteiger partial charge on any atom is -0.426 e. The van der Waals surface area contributed by atoms with E-state index in [1.54, 1.807) is 0 Å². The third-order valence-corrected chi connectivity index (χ3v) is 5.50. The highest BCUT2D eigenvalue weighted by atomic mass is 16.4. The maximum absolute atomic E-state index is 5.60. The van der Waals surface area contributed by atoms with Gasteiger partial charge in [0.2, 0.25) is 11.8 Å². The lowest BCUT2D eigenvalue weighted by molar-refractivity contribution is 0.218. The predicted octanol–water partition coefficient (Wildman–Crippen LogP) is 3.96. The summed E-state index contributed by atoms with van der Waals surface area (Å²) in [7, 11) is 0. The van der Waals surface area contributed by atoms with Crippen LogP contribution in [0.5, 0.6) is 0 Å². The van der Waals surface area contributed by atoms with E-state index in [1.165, 1.54) is 17.6 Å². The van der Waals surface area contributed by atoms with Crippen LogP contribution in [0, 0.1) is 30.6 Å². The number of hydrogen-bond acceptors (Lipinski definition) is 5. The third-order valence-electron chi connectivity index (χ3n) is 5.50. The molecule has 0 bridgehead atoms. The van der Waals surface area contributed by atoms with Gasteiger partial charge in [-0.15, -0.1) is 10.2 Å². The Balaban J connectivity index is 1.63. The number of aromatic nitrogens is 3. The summed E-state index contributed by atoms with van der Waals surface area (Å²) in [6.45, 7) is 10.6. The van der Waals surface area contributed by atoms with Crippen molar-refractivity contribution in [2.45, 2.75) is 47.1 Å². The van der Waals surface area contributed by atoms with Crippen molar-refractivity contribution in [2.75, 3.05) is 6.54 Å². The van der Waals surface area contributed by atoms with Gasteiger partial charge < -0.3 is 9.73 Å². The highest BCUT2D eigenvalue weighted by Crippen LogP contribution is 2.38. The number of rotatable bonds is 7. The Bertz CT molecular complexity index is 723. The lowest BCUT2D eigenvalue weighted by atomic mass is 9.70. The number of allylic oxidation sites excluding steroid dienone is 1. The summed E-state index contributed by atoms with van der Waals surface area (Å²) >= 11 is 0.